The van der Waals surface area contributed by atoms with Crippen LogP contribution in [0.1, 0.15) is 52.8 Å². The van der Waals surface area contributed by atoms with Crippen molar-refractivity contribution in [1.82, 2.24) is 25.2 Å². The highest BCUT2D eigenvalue weighted by atomic mass is 127. The lowest BCUT2D eigenvalue weighted by Crippen LogP contribution is -2.42. The Bertz CT molecular complexity index is 667. The van der Waals surface area contributed by atoms with Gasteiger partial charge in [-0.3, -0.25) is 9.39 Å². The number of hydrogen-bond donors (Lipinski definition) is 2. The second-order valence-corrected chi connectivity index (χ2v) is 6.93. The summed E-state index contributed by atoms with van der Waals surface area (Å²) in [6.07, 6.45) is 6.22. The van der Waals surface area contributed by atoms with Crippen molar-refractivity contribution >= 4 is 35.6 Å². The fourth-order valence-corrected chi connectivity index (χ4v) is 2.70. The van der Waals surface area contributed by atoms with Crippen LogP contribution >= 0.6 is 24.0 Å². The van der Waals surface area contributed by atoms with Crippen LogP contribution in [0.4, 0.5) is 0 Å². The van der Waals surface area contributed by atoms with Crippen molar-refractivity contribution in [3.05, 3.63) is 30.2 Å². The standard InChI is InChI=1S/C19H32N6.HI/c1-5-20-19(22-16(4)12-11-15(2)3)21-13-8-10-18-24-23-17-9-6-7-14-25(17)18;/h6-7,9,14-16H,5,8,10-13H2,1-4H3,(H2,20,21,22);1H. The van der Waals surface area contributed by atoms with Crippen molar-refractivity contribution in [2.24, 2.45) is 10.9 Å². The first-order valence-corrected chi connectivity index (χ1v) is 9.43. The van der Waals surface area contributed by atoms with Gasteiger partial charge < -0.3 is 10.6 Å². The molecule has 0 aliphatic heterocycles. The molecule has 6 nitrogen and oxygen atoms in total. The summed E-state index contributed by atoms with van der Waals surface area (Å²) < 4.78 is 2.04. The molecule has 0 radical (unpaired) electrons. The molecule has 2 aromatic heterocycles. The van der Waals surface area contributed by atoms with Gasteiger partial charge in [0.25, 0.3) is 0 Å². The molecule has 0 aliphatic rings. The SMILES string of the molecule is CCNC(=NCCCc1nnc2ccccn12)NC(C)CCC(C)C.I. The molecule has 0 aliphatic carbocycles. The first-order valence-electron chi connectivity index (χ1n) is 9.43. The minimum atomic E-state index is 0. The second kappa shape index (κ2) is 12.1. The van der Waals surface area contributed by atoms with Crippen molar-refractivity contribution < 1.29 is 0 Å². The van der Waals surface area contributed by atoms with Crippen molar-refractivity contribution in [1.29, 1.82) is 0 Å². The smallest absolute Gasteiger partial charge is 0.191 e. The van der Waals surface area contributed by atoms with E-state index in [1.807, 2.05) is 28.8 Å². The fourth-order valence-electron chi connectivity index (χ4n) is 2.70. The maximum absolute atomic E-state index is 4.70. The molecule has 0 saturated heterocycles. The topological polar surface area (TPSA) is 66.6 Å². The molecule has 1 atom stereocenters. The molecule has 0 saturated carbocycles. The Kier molecular flexibility index (Phi) is 10.5. The molecule has 1 unspecified atom stereocenters. The number of nitrogens with one attached hydrogen (secondary N) is 2. The Labute approximate surface area is 174 Å². The Balaban J connectivity index is 0.00000338. The molecule has 26 heavy (non-hydrogen) atoms. The van der Waals surface area contributed by atoms with Crippen molar-refractivity contribution in [2.75, 3.05) is 13.1 Å². The summed E-state index contributed by atoms with van der Waals surface area (Å²) in [7, 11) is 0. The molecule has 0 aromatic carbocycles. The van der Waals surface area contributed by atoms with E-state index in [9.17, 15) is 0 Å². The van der Waals surface area contributed by atoms with Gasteiger partial charge in [-0.2, -0.15) is 0 Å². The molecule has 2 rings (SSSR count). The molecule has 2 N–H and O–H groups in total. The van der Waals surface area contributed by atoms with E-state index in [1.165, 1.54) is 6.42 Å². The summed E-state index contributed by atoms with van der Waals surface area (Å²) >= 11 is 0. The van der Waals surface area contributed by atoms with Crippen LogP contribution in [-0.4, -0.2) is 39.7 Å². The largest absolute Gasteiger partial charge is 0.357 e. The van der Waals surface area contributed by atoms with Gasteiger partial charge in [-0.25, -0.2) is 0 Å². The van der Waals surface area contributed by atoms with Gasteiger partial charge in [-0.1, -0.05) is 19.9 Å². The Morgan fingerprint density at radius 2 is 2.00 bits per heavy atom. The third-order valence-corrected chi connectivity index (χ3v) is 4.12. The van der Waals surface area contributed by atoms with E-state index >= 15 is 0 Å². The zero-order valence-electron chi connectivity index (χ0n) is 16.4. The maximum Gasteiger partial charge on any atom is 0.191 e. The molecule has 2 aromatic rings. The third kappa shape index (κ3) is 7.47. The summed E-state index contributed by atoms with van der Waals surface area (Å²) in [5.74, 6) is 2.64. The van der Waals surface area contributed by atoms with Crippen LogP contribution < -0.4 is 10.6 Å². The first kappa shape index (κ1) is 22.7. The quantitative estimate of drug-likeness (QED) is 0.253. The van der Waals surface area contributed by atoms with Crippen molar-refractivity contribution in [2.45, 2.75) is 59.4 Å². The normalized spacial score (nSPS) is 12.9. The van der Waals surface area contributed by atoms with Gasteiger partial charge >= 0.3 is 0 Å². The average Bonchev–Trinajstić information content (AvgIpc) is 3.00. The zero-order chi connectivity index (χ0) is 18.1. The van der Waals surface area contributed by atoms with Crippen LogP contribution in [0.25, 0.3) is 5.65 Å². The highest BCUT2D eigenvalue weighted by molar-refractivity contribution is 14.0. The van der Waals surface area contributed by atoms with Crippen LogP contribution in [0.5, 0.6) is 0 Å². The lowest BCUT2D eigenvalue weighted by molar-refractivity contribution is 0.489. The van der Waals surface area contributed by atoms with E-state index in [4.69, 9.17) is 4.99 Å². The number of nitrogens with zero attached hydrogens (tertiary/aromatic N) is 4. The Hall–Kier alpha value is -1.38. The summed E-state index contributed by atoms with van der Waals surface area (Å²) in [5.41, 5.74) is 0.898. The lowest BCUT2D eigenvalue weighted by Gasteiger charge is -2.18. The molecule has 0 spiro atoms. The number of halogens is 1. The Morgan fingerprint density at radius 3 is 2.73 bits per heavy atom. The van der Waals surface area contributed by atoms with E-state index in [-0.39, 0.29) is 24.0 Å². The van der Waals surface area contributed by atoms with E-state index in [0.29, 0.717) is 6.04 Å². The predicted molar refractivity (Wildman–Crippen MR) is 119 cm³/mol. The van der Waals surface area contributed by atoms with E-state index in [2.05, 4.69) is 48.5 Å². The van der Waals surface area contributed by atoms with Crippen LogP contribution in [-0.2, 0) is 6.42 Å². The number of rotatable bonds is 9. The monoisotopic (exact) mass is 472 g/mol. The number of fused-ring (bicyclic) bond motifs is 1. The van der Waals surface area contributed by atoms with Gasteiger partial charge in [0.05, 0.1) is 0 Å². The fraction of sp³-hybridized carbons (Fsp3) is 0.632. The first-order chi connectivity index (χ1) is 12.1. The number of aromatic nitrogens is 3. The van der Waals surface area contributed by atoms with Gasteiger partial charge in [0, 0.05) is 31.7 Å². The van der Waals surface area contributed by atoms with E-state index in [1.54, 1.807) is 0 Å². The summed E-state index contributed by atoms with van der Waals surface area (Å²) in [4.78, 5) is 4.70. The molecule has 0 bridgehead atoms. The average molecular weight is 472 g/mol. The number of pyridine rings is 1. The highest BCUT2D eigenvalue weighted by Crippen LogP contribution is 2.07. The van der Waals surface area contributed by atoms with Gasteiger partial charge in [-0.15, -0.1) is 34.2 Å². The van der Waals surface area contributed by atoms with Crippen molar-refractivity contribution in [3.63, 3.8) is 0 Å². The third-order valence-electron chi connectivity index (χ3n) is 4.12. The van der Waals surface area contributed by atoms with Gasteiger partial charge in [0.2, 0.25) is 0 Å². The molecular weight excluding hydrogens is 439 g/mol. The van der Waals surface area contributed by atoms with E-state index in [0.717, 1.165) is 55.7 Å². The van der Waals surface area contributed by atoms with Gasteiger partial charge in [0.15, 0.2) is 11.6 Å². The summed E-state index contributed by atoms with van der Waals surface area (Å²) in [5, 5.41) is 15.3. The minimum absolute atomic E-state index is 0. The van der Waals surface area contributed by atoms with Gasteiger partial charge in [-0.05, 0) is 51.2 Å². The number of aliphatic imine (C=N–C) groups is 1. The molecule has 2 heterocycles. The van der Waals surface area contributed by atoms with Crippen LogP contribution in [0.2, 0.25) is 0 Å². The highest BCUT2D eigenvalue weighted by Gasteiger charge is 2.07. The Morgan fingerprint density at radius 1 is 1.19 bits per heavy atom. The minimum Gasteiger partial charge on any atom is -0.357 e. The van der Waals surface area contributed by atoms with Crippen LogP contribution in [0, 0.1) is 5.92 Å². The summed E-state index contributed by atoms with van der Waals surface area (Å²) in [6.45, 7) is 10.5. The molecule has 0 fully saturated rings. The molecular formula is C19H33IN6. The second-order valence-electron chi connectivity index (χ2n) is 6.93. The molecule has 0 amide bonds. The number of guanidine groups is 1. The van der Waals surface area contributed by atoms with Crippen molar-refractivity contribution in [3.8, 4) is 0 Å². The molecule has 7 heteroatoms. The van der Waals surface area contributed by atoms with Gasteiger partial charge in [0.1, 0.15) is 5.82 Å². The van der Waals surface area contributed by atoms with Crippen LogP contribution in [0.15, 0.2) is 29.4 Å². The number of hydrogen-bond acceptors (Lipinski definition) is 3. The molecule has 146 valence electrons. The zero-order valence-corrected chi connectivity index (χ0v) is 18.7. The van der Waals surface area contributed by atoms with E-state index < -0.39 is 0 Å². The lowest BCUT2D eigenvalue weighted by atomic mass is 10.0. The number of aryl methyl sites for hydroxylation is 1. The maximum atomic E-state index is 4.70. The predicted octanol–water partition coefficient (Wildman–Crippen LogP) is 3.66. The summed E-state index contributed by atoms with van der Waals surface area (Å²) in [6, 6.07) is 6.39. The van der Waals surface area contributed by atoms with Crippen LogP contribution in [0.3, 0.4) is 0 Å².